The highest BCUT2D eigenvalue weighted by atomic mass is 16.2. The first kappa shape index (κ1) is 13.6. The Kier molecular flexibility index (Phi) is 2.79. The Hall–Kier alpha value is -2.38. The lowest BCUT2D eigenvalue weighted by molar-refractivity contribution is 0.641. The maximum Gasteiger partial charge on any atom is 0.332 e. The molecule has 0 fully saturated rings. The zero-order valence-electron chi connectivity index (χ0n) is 12.8. The number of aromatic nitrogens is 4. The molecule has 0 aliphatic carbocycles. The first-order valence-corrected chi connectivity index (χ1v) is 6.89. The van der Waals surface area contributed by atoms with Crippen LogP contribution < -0.4 is 16.3 Å². The molecule has 8 heteroatoms. The van der Waals surface area contributed by atoms with E-state index in [0.29, 0.717) is 23.7 Å². The number of hydrazone groups is 1. The second-order valence-corrected chi connectivity index (χ2v) is 5.29. The minimum absolute atomic E-state index is 0.0713. The molecule has 8 nitrogen and oxygen atoms in total. The molecule has 1 aliphatic rings. The van der Waals surface area contributed by atoms with E-state index in [-0.39, 0.29) is 17.3 Å². The van der Waals surface area contributed by atoms with Crippen LogP contribution in [0.2, 0.25) is 0 Å². The molecule has 1 aliphatic heterocycles. The summed E-state index contributed by atoms with van der Waals surface area (Å²) in [5, 5.41) is 6.24. The lowest BCUT2D eigenvalue weighted by Gasteiger charge is -2.28. The first-order valence-electron chi connectivity index (χ1n) is 6.89. The highest BCUT2D eigenvalue weighted by Crippen LogP contribution is 2.29. The lowest BCUT2D eigenvalue weighted by Crippen LogP contribution is -2.38. The Morgan fingerprint density at radius 1 is 1.19 bits per heavy atom. The van der Waals surface area contributed by atoms with Gasteiger partial charge in [0.05, 0.1) is 11.8 Å². The Morgan fingerprint density at radius 3 is 2.48 bits per heavy atom. The third-order valence-electron chi connectivity index (χ3n) is 4.07. The molecule has 0 bridgehead atoms. The highest BCUT2D eigenvalue weighted by Gasteiger charge is 2.29. The molecule has 3 rings (SSSR count). The fraction of sp³-hybridized carbons (Fsp3) is 0.538. The van der Waals surface area contributed by atoms with Crippen molar-refractivity contribution in [1.82, 2.24) is 18.7 Å². The van der Waals surface area contributed by atoms with Crippen LogP contribution >= 0.6 is 0 Å². The summed E-state index contributed by atoms with van der Waals surface area (Å²) >= 11 is 0. The number of imidazole rings is 1. The van der Waals surface area contributed by atoms with Crippen molar-refractivity contribution in [2.45, 2.75) is 26.8 Å². The summed E-state index contributed by atoms with van der Waals surface area (Å²) in [6.07, 6.45) is 0. The quantitative estimate of drug-likeness (QED) is 0.752. The molecule has 3 heterocycles. The highest BCUT2D eigenvalue weighted by molar-refractivity contribution is 5.90. The van der Waals surface area contributed by atoms with Gasteiger partial charge < -0.3 is 0 Å². The van der Waals surface area contributed by atoms with Crippen LogP contribution in [0.5, 0.6) is 0 Å². The van der Waals surface area contributed by atoms with Crippen LogP contribution in [-0.2, 0) is 14.1 Å². The molecular formula is C13H18N6O2. The third kappa shape index (κ3) is 1.61. The van der Waals surface area contributed by atoms with Gasteiger partial charge in [0.15, 0.2) is 11.2 Å². The number of hydrogen-bond donors (Lipinski definition) is 0. The van der Waals surface area contributed by atoms with Gasteiger partial charge in [-0.2, -0.15) is 10.1 Å². The van der Waals surface area contributed by atoms with E-state index in [4.69, 9.17) is 0 Å². The van der Waals surface area contributed by atoms with E-state index >= 15 is 0 Å². The fourth-order valence-corrected chi connectivity index (χ4v) is 2.67. The molecule has 1 unspecified atom stereocenters. The van der Waals surface area contributed by atoms with E-state index in [0.717, 1.165) is 10.3 Å². The average molecular weight is 290 g/mol. The van der Waals surface area contributed by atoms with E-state index in [9.17, 15) is 9.59 Å². The second-order valence-electron chi connectivity index (χ2n) is 5.29. The maximum atomic E-state index is 12.5. The third-order valence-corrected chi connectivity index (χ3v) is 4.07. The molecule has 0 spiro atoms. The van der Waals surface area contributed by atoms with Crippen LogP contribution in [0, 0.1) is 0 Å². The van der Waals surface area contributed by atoms with Crippen LogP contribution in [-0.4, -0.2) is 30.9 Å². The zero-order chi connectivity index (χ0) is 15.5. The minimum Gasteiger partial charge on any atom is -0.294 e. The maximum absolute atomic E-state index is 12.5. The van der Waals surface area contributed by atoms with Crippen molar-refractivity contribution in [2.75, 3.05) is 11.6 Å². The van der Waals surface area contributed by atoms with E-state index in [1.807, 2.05) is 25.3 Å². The molecule has 21 heavy (non-hydrogen) atoms. The van der Waals surface area contributed by atoms with E-state index in [1.54, 1.807) is 12.1 Å². The SMILES string of the molecule is CCN1N=C(C)C(C)n2c1nc1c2c(=O)n(C)c(=O)n1C. The van der Waals surface area contributed by atoms with Crippen molar-refractivity contribution in [3.05, 3.63) is 20.8 Å². The molecule has 0 saturated carbocycles. The number of fused-ring (bicyclic) bond motifs is 3. The summed E-state index contributed by atoms with van der Waals surface area (Å²) in [6.45, 7) is 6.50. The largest absolute Gasteiger partial charge is 0.332 e. The van der Waals surface area contributed by atoms with Crippen molar-refractivity contribution in [3.8, 4) is 0 Å². The van der Waals surface area contributed by atoms with Gasteiger partial charge in [-0.05, 0) is 20.8 Å². The van der Waals surface area contributed by atoms with Gasteiger partial charge in [0.2, 0.25) is 5.95 Å². The minimum atomic E-state index is -0.378. The molecule has 0 radical (unpaired) electrons. The topological polar surface area (TPSA) is 77.4 Å². The Morgan fingerprint density at radius 2 is 1.86 bits per heavy atom. The summed E-state index contributed by atoms with van der Waals surface area (Å²) < 4.78 is 4.38. The number of rotatable bonds is 1. The van der Waals surface area contributed by atoms with Gasteiger partial charge in [0.25, 0.3) is 5.56 Å². The predicted molar refractivity (Wildman–Crippen MR) is 81.1 cm³/mol. The average Bonchev–Trinajstić information content (AvgIpc) is 2.87. The van der Waals surface area contributed by atoms with Crippen molar-refractivity contribution in [2.24, 2.45) is 19.2 Å². The monoisotopic (exact) mass is 290 g/mol. The Labute approximate surface area is 120 Å². The van der Waals surface area contributed by atoms with Gasteiger partial charge in [-0.3, -0.25) is 18.5 Å². The van der Waals surface area contributed by atoms with E-state index < -0.39 is 0 Å². The van der Waals surface area contributed by atoms with E-state index in [1.165, 1.54) is 11.6 Å². The van der Waals surface area contributed by atoms with Gasteiger partial charge >= 0.3 is 5.69 Å². The summed E-state index contributed by atoms with van der Waals surface area (Å²) in [5.41, 5.74) is 1.03. The molecule has 0 saturated heterocycles. The number of anilines is 1. The number of hydrogen-bond acceptors (Lipinski definition) is 5. The van der Waals surface area contributed by atoms with Crippen LogP contribution in [0.15, 0.2) is 14.7 Å². The predicted octanol–water partition coefficient (Wildman–Crippen LogP) is 0.211. The van der Waals surface area contributed by atoms with Gasteiger partial charge in [-0.25, -0.2) is 9.80 Å². The van der Waals surface area contributed by atoms with Crippen LogP contribution in [0.3, 0.4) is 0 Å². The van der Waals surface area contributed by atoms with Crippen molar-refractivity contribution in [1.29, 1.82) is 0 Å². The Balaban J connectivity index is 2.52. The number of aryl methyl sites for hydroxylation is 1. The molecule has 0 N–H and O–H groups in total. The zero-order valence-corrected chi connectivity index (χ0v) is 12.8. The van der Waals surface area contributed by atoms with Crippen LogP contribution in [0.25, 0.3) is 11.2 Å². The molecule has 0 aromatic carbocycles. The summed E-state index contributed by atoms with van der Waals surface area (Å²) in [5.74, 6) is 0.601. The first-order chi connectivity index (χ1) is 9.88. The smallest absolute Gasteiger partial charge is 0.294 e. The summed E-state index contributed by atoms with van der Waals surface area (Å²) in [4.78, 5) is 29.0. The molecule has 1 atom stereocenters. The molecule has 2 aromatic heterocycles. The van der Waals surface area contributed by atoms with Crippen LogP contribution in [0.4, 0.5) is 5.95 Å². The second kappa shape index (κ2) is 4.31. The summed E-state index contributed by atoms with van der Waals surface area (Å²) in [7, 11) is 3.11. The molecule has 0 amide bonds. The number of nitrogens with zero attached hydrogens (tertiary/aromatic N) is 6. The van der Waals surface area contributed by atoms with Gasteiger partial charge in [0.1, 0.15) is 0 Å². The normalized spacial score (nSPS) is 18.0. The molecule has 112 valence electrons. The van der Waals surface area contributed by atoms with Crippen molar-refractivity contribution >= 4 is 22.8 Å². The lowest BCUT2D eigenvalue weighted by atomic mass is 10.2. The van der Waals surface area contributed by atoms with E-state index in [2.05, 4.69) is 10.1 Å². The standard InChI is InChI=1S/C13H18N6O2/c1-6-18-12-14-10-9(19(12)8(3)7(2)15-18)11(20)17(5)13(21)16(10)4/h8H,6H2,1-5H3. The molecule has 2 aromatic rings. The van der Waals surface area contributed by atoms with Gasteiger partial charge in [0, 0.05) is 20.6 Å². The molecular weight excluding hydrogens is 272 g/mol. The summed E-state index contributed by atoms with van der Waals surface area (Å²) in [6, 6.07) is -0.0713. The Bertz CT molecular complexity index is 885. The van der Waals surface area contributed by atoms with Gasteiger partial charge in [-0.1, -0.05) is 0 Å². The van der Waals surface area contributed by atoms with Gasteiger partial charge in [-0.15, -0.1) is 0 Å². The fourth-order valence-electron chi connectivity index (χ4n) is 2.67. The van der Waals surface area contributed by atoms with Crippen molar-refractivity contribution in [3.63, 3.8) is 0 Å². The van der Waals surface area contributed by atoms with Crippen molar-refractivity contribution < 1.29 is 0 Å². The van der Waals surface area contributed by atoms with Crippen LogP contribution in [0.1, 0.15) is 26.8 Å².